The van der Waals surface area contributed by atoms with Gasteiger partial charge in [-0.15, -0.1) is 0 Å². The van der Waals surface area contributed by atoms with Gasteiger partial charge in [-0.25, -0.2) is 4.79 Å². The highest BCUT2D eigenvalue weighted by atomic mass is 16.5. The molecule has 2 aromatic rings. The van der Waals surface area contributed by atoms with Crippen LogP contribution < -0.4 is 10.1 Å². The standard InChI is InChI=1S/C19H19NO5/c21-18(11-13-5-7-14(8-6-13)19(22)23)20-16-3-1-2-4-17(16)25-15-9-10-24-12-15/h1-8,15H,9-12H2,(H,20,21)(H,22,23). The summed E-state index contributed by atoms with van der Waals surface area (Å²) in [6.45, 7) is 1.24. The highest BCUT2D eigenvalue weighted by molar-refractivity contribution is 5.94. The molecule has 0 aromatic heterocycles. The Kier molecular flexibility index (Phi) is 5.30. The van der Waals surface area contributed by atoms with Crippen LogP contribution in [0.5, 0.6) is 5.75 Å². The third kappa shape index (κ3) is 4.58. The number of ether oxygens (including phenoxy) is 2. The molecule has 1 heterocycles. The number of carboxylic acid groups (broad SMARTS) is 1. The van der Waals surface area contributed by atoms with Crippen LogP contribution in [0.3, 0.4) is 0 Å². The zero-order valence-corrected chi connectivity index (χ0v) is 13.6. The lowest BCUT2D eigenvalue weighted by Crippen LogP contribution is -2.19. The van der Waals surface area contributed by atoms with Gasteiger partial charge in [-0.1, -0.05) is 24.3 Å². The zero-order valence-electron chi connectivity index (χ0n) is 13.6. The first kappa shape index (κ1) is 17.0. The van der Waals surface area contributed by atoms with Crippen molar-refractivity contribution in [2.24, 2.45) is 0 Å². The van der Waals surface area contributed by atoms with E-state index in [1.807, 2.05) is 18.2 Å². The number of hydrogen-bond donors (Lipinski definition) is 2. The van der Waals surface area contributed by atoms with Gasteiger partial charge in [0.2, 0.25) is 5.91 Å². The summed E-state index contributed by atoms with van der Waals surface area (Å²) >= 11 is 0. The number of para-hydroxylation sites is 2. The average Bonchev–Trinajstić information content (AvgIpc) is 3.10. The number of aromatic carboxylic acids is 1. The SMILES string of the molecule is O=C(Cc1ccc(C(=O)O)cc1)Nc1ccccc1OC1CCOC1. The Labute approximate surface area is 145 Å². The maximum Gasteiger partial charge on any atom is 0.335 e. The summed E-state index contributed by atoms with van der Waals surface area (Å²) in [6, 6.07) is 13.5. The predicted octanol–water partition coefficient (Wildman–Crippen LogP) is 2.73. The molecule has 1 atom stereocenters. The van der Waals surface area contributed by atoms with Crippen molar-refractivity contribution in [3.8, 4) is 5.75 Å². The van der Waals surface area contributed by atoms with E-state index in [9.17, 15) is 9.59 Å². The number of rotatable bonds is 6. The number of nitrogens with one attached hydrogen (secondary N) is 1. The molecule has 1 aliphatic heterocycles. The Morgan fingerprint density at radius 3 is 2.60 bits per heavy atom. The quantitative estimate of drug-likeness (QED) is 0.844. The molecule has 1 saturated heterocycles. The summed E-state index contributed by atoms with van der Waals surface area (Å²) in [5.41, 5.74) is 1.55. The van der Waals surface area contributed by atoms with Gasteiger partial charge in [0.15, 0.2) is 0 Å². The number of amides is 1. The number of carbonyl (C=O) groups excluding carboxylic acids is 1. The molecular weight excluding hydrogens is 322 g/mol. The number of anilines is 1. The van der Waals surface area contributed by atoms with Crippen LogP contribution in [0.2, 0.25) is 0 Å². The third-order valence-corrected chi connectivity index (χ3v) is 3.91. The number of carboxylic acids is 1. The molecule has 6 heteroatoms. The summed E-state index contributed by atoms with van der Waals surface area (Å²) in [5.74, 6) is -0.563. The highest BCUT2D eigenvalue weighted by Gasteiger charge is 2.19. The molecule has 0 radical (unpaired) electrons. The van der Waals surface area contributed by atoms with E-state index in [2.05, 4.69) is 5.32 Å². The maximum absolute atomic E-state index is 12.3. The van der Waals surface area contributed by atoms with Gasteiger partial charge >= 0.3 is 5.97 Å². The van der Waals surface area contributed by atoms with E-state index < -0.39 is 5.97 Å². The first-order valence-electron chi connectivity index (χ1n) is 8.07. The fraction of sp³-hybridized carbons (Fsp3) is 0.263. The minimum Gasteiger partial charge on any atom is -0.486 e. The number of benzene rings is 2. The van der Waals surface area contributed by atoms with Gasteiger partial charge in [-0.05, 0) is 29.8 Å². The molecule has 0 aliphatic carbocycles. The summed E-state index contributed by atoms with van der Waals surface area (Å²) in [7, 11) is 0. The van der Waals surface area contributed by atoms with Gasteiger partial charge in [-0.2, -0.15) is 0 Å². The minimum atomic E-state index is -0.988. The second-order valence-corrected chi connectivity index (χ2v) is 5.83. The molecule has 0 spiro atoms. The van der Waals surface area contributed by atoms with E-state index in [0.29, 0.717) is 24.7 Å². The Morgan fingerprint density at radius 1 is 1.16 bits per heavy atom. The second-order valence-electron chi connectivity index (χ2n) is 5.83. The second kappa shape index (κ2) is 7.81. The van der Waals surface area contributed by atoms with Crippen molar-refractivity contribution in [1.29, 1.82) is 0 Å². The Morgan fingerprint density at radius 2 is 1.92 bits per heavy atom. The van der Waals surface area contributed by atoms with Crippen LogP contribution in [-0.2, 0) is 16.0 Å². The van der Waals surface area contributed by atoms with Crippen LogP contribution in [0.15, 0.2) is 48.5 Å². The van der Waals surface area contributed by atoms with Crippen molar-refractivity contribution in [1.82, 2.24) is 0 Å². The smallest absolute Gasteiger partial charge is 0.335 e. The molecule has 1 fully saturated rings. The van der Waals surface area contributed by atoms with E-state index >= 15 is 0 Å². The lowest BCUT2D eigenvalue weighted by molar-refractivity contribution is -0.115. The molecule has 2 N–H and O–H groups in total. The van der Waals surface area contributed by atoms with Crippen LogP contribution in [-0.4, -0.2) is 36.3 Å². The Bertz CT molecular complexity index is 751. The third-order valence-electron chi connectivity index (χ3n) is 3.91. The lowest BCUT2D eigenvalue weighted by atomic mass is 10.1. The zero-order chi connectivity index (χ0) is 17.6. The summed E-state index contributed by atoms with van der Waals surface area (Å²) in [4.78, 5) is 23.1. The molecule has 1 unspecified atom stereocenters. The molecule has 6 nitrogen and oxygen atoms in total. The van der Waals surface area contributed by atoms with Crippen molar-refractivity contribution in [3.05, 3.63) is 59.7 Å². The van der Waals surface area contributed by atoms with Crippen molar-refractivity contribution in [2.45, 2.75) is 18.9 Å². The Hall–Kier alpha value is -2.86. The average molecular weight is 341 g/mol. The molecule has 0 bridgehead atoms. The molecule has 1 aliphatic rings. The monoisotopic (exact) mass is 341 g/mol. The molecule has 0 saturated carbocycles. The first-order chi connectivity index (χ1) is 12.1. The molecule has 2 aromatic carbocycles. The van der Waals surface area contributed by atoms with Crippen molar-refractivity contribution < 1.29 is 24.2 Å². The molecular formula is C19H19NO5. The van der Waals surface area contributed by atoms with Gasteiger partial charge in [-0.3, -0.25) is 4.79 Å². The van der Waals surface area contributed by atoms with Crippen molar-refractivity contribution in [3.63, 3.8) is 0 Å². The first-order valence-corrected chi connectivity index (χ1v) is 8.07. The predicted molar refractivity (Wildman–Crippen MR) is 92.0 cm³/mol. The van der Waals surface area contributed by atoms with E-state index in [1.54, 1.807) is 18.2 Å². The van der Waals surface area contributed by atoms with Crippen LogP contribution in [0.4, 0.5) is 5.69 Å². The summed E-state index contributed by atoms with van der Waals surface area (Å²) < 4.78 is 11.2. The normalized spacial score (nSPS) is 16.4. The van der Waals surface area contributed by atoms with E-state index in [0.717, 1.165) is 12.0 Å². The number of carbonyl (C=O) groups is 2. The van der Waals surface area contributed by atoms with Gasteiger partial charge in [0, 0.05) is 6.42 Å². The van der Waals surface area contributed by atoms with Gasteiger partial charge in [0.25, 0.3) is 0 Å². The fourth-order valence-corrected chi connectivity index (χ4v) is 2.60. The molecule has 3 rings (SSSR count). The van der Waals surface area contributed by atoms with E-state index in [1.165, 1.54) is 12.1 Å². The van der Waals surface area contributed by atoms with E-state index in [-0.39, 0.29) is 24.0 Å². The van der Waals surface area contributed by atoms with E-state index in [4.69, 9.17) is 14.6 Å². The molecule has 25 heavy (non-hydrogen) atoms. The fourth-order valence-electron chi connectivity index (χ4n) is 2.60. The van der Waals surface area contributed by atoms with Crippen molar-refractivity contribution >= 4 is 17.6 Å². The van der Waals surface area contributed by atoms with Crippen LogP contribution in [0, 0.1) is 0 Å². The van der Waals surface area contributed by atoms with Crippen LogP contribution in [0.1, 0.15) is 22.3 Å². The lowest BCUT2D eigenvalue weighted by Gasteiger charge is -2.16. The largest absolute Gasteiger partial charge is 0.486 e. The van der Waals surface area contributed by atoms with Gasteiger partial charge < -0.3 is 19.9 Å². The summed E-state index contributed by atoms with van der Waals surface area (Å²) in [6.07, 6.45) is 0.987. The van der Waals surface area contributed by atoms with Crippen molar-refractivity contribution in [2.75, 3.05) is 18.5 Å². The summed E-state index contributed by atoms with van der Waals surface area (Å²) in [5, 5.41) is 11.7. The topological polar surface area (TPSA) is 84.9 Å². The Balaban J connectivity index is 1.63. The minimum absolute atomic E-state index is 0.00150. The molecule has 1 amide bonds. The van der Waals surface area contributed by atoms with Gasteiger partial charge in [0.1, 0.15) is 11.9 Å². The maximum atomic E-state index is 12.3. The van der Waals surface area contributed by atoms with Crippen LogP contribution >= 0.6 is 0 Å². The van der Waals surface area contributed by atoms with Gasteiger partial charge in [0.05, 0.1) is 30.9 Å². The van der Waals surface area contributed by atoms with Crippen LogP contribution in [0.25, 0.3) is 0 Å². The highest BCUT2D eigenvalue weighted by Crippen LogP contribution is 2.26. The molecule has 130 valence electrons. The number of hydrogen-bond acceptors (Lipinski definition) is 4.